The number of hydrogen-bond acceptors (Lipinski definition) is 6. The number of nitrogens with one attached hydrogen (secondary N) is 1. The van der Waals surface area contributed by atoms with Gasteiger partial charge >= 0.3 is 7.12 Å². The largest absolute Gasteiger partial charge is 0.481 e. The molecular formula is C24H35BN2O5. The van der Waals surface area contributed by atoms with Gasteiger partial charge < -0.3 is 25.1 Å². The van der Waals surface area contributed by atoms with Gasteiger partial charge in [0.15, 0.2) is 5.78 Å². The number of rotatable bonds is 9. The molecule has 32 heavy (non-hydrogen) atoms. The zero-order valence-corrected chi connectivity index (χ0v) is 19.5. The number of hydrogen-bond donors (Lipinski definition) is 2. The van der Waals surface area contributed by atoms with Gasteiger partial charge in [-0.2, -0.15) is 0 Å². The summed E-state index contributed by atoms with van der Waals surface area (Å²) in [5.74, 6) is 0.273. The average molecular weight is 442 g/mol. The Balaban J connectivity index is 1.48. The molecule has 174 valence electrons. The monoisotopic (exact) mass is 442 g/mol. The molecule has 1 amide bonds. The van der Waals surface area contributed by atoms with E-state index >= 15 is 0 Å². The van der Waals surface area contributed by atoms with Gasteiger partial charge in [-0.15, -0.1) is 0 Å². The highest BCUT2D eigenvalue weighted by molar-refractivity contribution is 6.48. The fourth-order valence-electron chi connectivity index (χ4n) is 5.95. The fourth-order valence-corrected chi connectivity index (χ4v) is 5.95. The first-order valence-electron chi connectivity index (χ1n) is 11.6. The zero-order chi connectivity index (χ0) is 23.1. The summed E-state index contributed by atoms with van der Waals surface area (Å²) in [6.07, 6.45) is 2.80. The third kappa shape index (κ3) is 4.14. The summed E-state index contributed by atoms with van der Waals surface area (Å²) in [5, 5.41) is 2.98. The number of benzene rings is 1. The van der Waals surface area contributed by atoms with E-state index in [9.17, 15) is 9.59 Å². The Kier molecular flexibility index (Phi) is 6.51. The van der Waals surface area contributed by atoms with Gasteiger partial charge in [0.2, 0.25) is 5.91 Å². The summed E-state index contributed by atoms with van der Waals surface area (Å²) in [5.41, 5.74) is 6.44. The highest BCUT2D eigenvalue weighted by Gasteiger charge is 2.68. The topological polar surface area (TPSA) is 99.9 Å². The minimum Gasteiger partial charge on any atom is -0.404 e. The summed E-state index contributed by atoms with van der Waals surface area (Å²) < 4.78 is 18.0. The summed E-state index contributed by atoms with van der Waals surface area (Å²) in [7, 11) is 0.897. The van der Waals surface area contributed by atoms with Gasteiger partial charge in [0.25, 0.3) is 0 Å². The molecule has 5 rings (SSSR count). The molecule has 2 bridgehead atoms. The first-order chi connectivity index (χ1) is 15.2. The van der Waals surface area contributed by atoms with E-state index in [1.54, 1.807) is 12.1 Å². The highest BCUT2D eigenvalue weighted by atomic mass is 16.7. The van der Waals surface area contributed by atoms with E-state index in [1.807, 2.05) is 18.2 Å². The quantitative estimate of drug-likeness (QED) is 0.450. The smallest absolute Gasteiger partial charge is 0.404 e. The van der Waals surface area contributed by atoms with Crippen LogP contribution in [-0.2, 0) is 18.8 Å². The molecule has 4 fully saturated rings. The van der Waals surface area contributed by atoms with Crippen molar-refractivity contribution in [3.05, 3.63) is 35.9 Å². The van der Waals surface area contributed by atoms with Gasteiger partial charge in [-0.25, -0.2) is 0 Å². The van der Waals surface area contributed by atoms with Crippen LogP contribution in [0.3, 0.4) is 0 Å². The van der Waals surface area contributed by atoms with Gasteiger partial charge in [-0.1, -0.05) is 44.2 Å². The average Bonchev–Trinajstić information content (AvgIpc) is 3.13. The number of ether oxygens (including phenoxy) is 1. The molecule has 0 aromatic heterocycles. The Morgan fingerprint density at radius 3 is 2.62 bits per heavy atom. The second-order valence-electron chi connectivity index (χ2n) is 10.3. The van der Waals surface area contributed by atoms with Gasteiger partial charge in [0.1, 0.15) is 6.04 Å². The van der Waals surface area contributed by atoms with Crippen molar-refractivity contribution in [3.63, 3.8) is 0 Å². The number of carbonyl (C=O) groups is 2. The summed E-state index contributed by atoms with van der Waals surface area (Å²) in [6.45, 7) is 6.88. The number of carbonyl (C=O) groups excluding carboxylic acids is 2. The van der Waals surface area contributed by atoms with E-state index in [-0.39, 0.29) is 41.8 Å². The molecule has 0 unspecified atom stereocenters. The van der Waals surface area contributed by atoms with Gasteiger partial charge in [0.05, 0.1) is 24.3 Å². The normalized spacial score (nSPS) is 31.9. The lowest BCUT2D eigenvalue weighted by Gasteiger charge is -2.64. The van der Waals surface area contributed by atoms with E-state index in [2.05, 4.69) is 26.1 Å². The molecule has 1 aliphatic heterocycles. The van der Waals surface area contributed by atoms with Crippen molar-refractivity contribution in [2.45, 2.75) is 70.1 Å². The van der Waals surface area contributed by atoms with Crippen molar-refractivity contribution in [3.8, 4) is 0 Å². The molecule has 3 N–H and O–H groups in total. The number of Topliss-reactive ketones (excluding diaryl/α,β-unsaturated/α-hetero) is 1. The number of ketones is 1. The van der Waals surface area contributed by atoms with Crippen LogP contribution in [0.5, 0.6) is 0 Å². The van der Waals surface area contributed by atoms with Crippen LogP contribution in [-0.4, -0.2) is 56.2 Å². The summed E-state index contributed by atoms with van der Waals surface area (Å²) in [4.78, 5) is 25.4. The van der Waals surface area contributed by atoms with Crippen molar-refractivity contribution in [1.29, 1.82) is 0 Å². The third-order valence-electron chi connectivity index (χ3n) is 8.09. The molecular weight excluding hydrogens is 407 g/mol. The van der Waals surface area contributed by atoms with E-state index in [1.165, 1.54) is 7.11 Å². The zero-order valence-electron chi connectivity index (χ0n) is 19.5. The molecule has 1 heterocycles. The van der Waals surface area contributed by atoms with Crippen LogP contribution in [0.2, 0.25) is 0 Å². The SMILES string of the molecule is COC[C@@H](N)C(=O)N[C@@H](CCC(=O)c1ccccc1)B1O[C@@H]2C[C@@H]3C[C@@H](C3(C)C)[C@]2(C)O1. The van der Waals surface area contributed by atoms with E-state index in [0.29, 0.717) is 23.8 Å². The van der Waals surface area contributed by atoms with Crippen LogP contribution in [0.25, 0.3) is 0 Å². The number of nitrogens with two attached hydrogens (primary N) is 1. The summed E-state index contributed by atoms with van der Waals surface area (Å²) >= 11 is 0. The fraction of sp³-hybridized carbons (Fsp3) is 0.667. The maximum atomic E-state index is 12.7. The summed E-state index contributed by atoms with van der Waals surface area (Å²) in [6, 6.07) is 8.39. The lowest BCUT2D eigenvalue weighted by atomic mass is 9.43. The van der Waals surface area contributed by atoms with E-state index in [4.69, 9.17) is 19.8 Å². The molecule has 0 spiro atoms. The molecule has 1 aromatic carbocycles. The standard InChI is InChI=1S/C24H35BN2O5/c1-23(2)16-12-19(23)24(3)20(13-16)31-25(32-24)21(27-22(29)17(26)14-30-4)11-10-18(28)15-8-6-5-7-9-15/h5-9,16-17,19-21H,10-14,26H2,1-4H3,(H,27,29)/t16-,17+,19-,20+,21-,24-/m0/s1. The van der Waals surface area contributed by atoms with Crippen LogP contribution in [0.1, 0.15) is 56.8 Å². The molecule has 7 nitrogen and oxygen atoms in total. The van der Waals surface area contributed by atoms with E-state index in [0.717, 1.165) is 12.8 Å². The molecule has 0 radical (unpaired) electrons. The Bertz CT molecular complexity index is 850. The van der Waals surface area contributed by atoms with Crippen LogP contribution in [0.15, 0.2) is 30.3 Å². The molecule has 1 saturated heterocycles. The lowest BCUT2D eigenvalue weighted by molar-refractivity contribution is -0.199. The van der Waals surface area contributed by atoms with Crippen molar-refractivity contribution in [1.82, 2.24) is 5.32 Å². The minimum absolute atomic E-state index is 0.00107. The maximum absolute atomic E-state index is 12.7. The second kappa shape index (κ2) is 8.90. The van der Waals surface area contributed by atoms with Crippen LogP contribution < -0.4 is 11.1 Å². The van der Waals surface area contributed by atoms with Crippen molar-refractivity contribution in [2.24, 2.45) is 23.0 Å². The molecule has 8 heteroatoms. The Morgan fingerprint density at radius 2 is 1.97 bits per heavy atom. The van der Waals surface area contributed by atoms with Crippen LogP contribution in [0.4, 0.5) is 0 Å². The Morgan fingerprint density at radius 1 is 1.25 bits per heavy atom. The molecule has 3 saturated carbocycles. The second-order valence-corrected chi connectivity index (χ2v) is 10.3. The predicted octanol–water partition coefficient (Wildman–Crippen LogP) is 2.38. The molecule has 3 aliphatic carbocycles. The van der Waals surface area contributed by atoms with Crippen molar-refractivity contribution < 1.29 is 23.6 Å². The molecule has 4 aliphatic rings. The maximum Gasteiger partial charge on any atom is 0.481 e. The predicted molar refractivity (Wildman–Crippen MR) is 122 cm³/mol. The molecule has 1 aromatic rings. The van der Waals surface area contributed by atoms with Gasteiger partial charge in [-0.05, 0) is 43.4 Å². The number of amides is 1. The first-order valence-corrected chi connectivity index (χ1v) is 11.6. The Labute approximate surface area is 190 Å². The minimum atomic E-state index is -0.793. The Hall–Kier alpha value is -1.74. The third-order valence-corrected chi connectivity index (χ3v) is 8.09. The van der Waals surface area contributed by atoms with Gasteiger partial charge in [0, 0.05) is 19.1 Å². The van der Waals surface area contributed by atoms with Crippen LogP contribution >= 0.6 is 0 Å². The van der Waals surface area contributed by atoms with Crippen LogP contribution in [0, 0.1) is 17.3 Å². The molecule has 6 atom stereocenters. The van der Waals surface area contributed by atoms with Gasteiger partial charge in [-0.3, -0.25) is 9.59 Å². The van der Waals surface area contributed by atoms with Crippen molar-refractivity contribution >= 4 is 18.8 Å². The van der Waals surface area contributed by atoms with E-state index < -0.39 is 19.1 Å². The highest BCUT2D eigenvalue weighted by Crippen LogP contribution is 2.65. The number of methoxy groups -OCH3 is 1. The lowest BCUT2D eigenvalue weighted by Crippen LogP contribution is -2.65. The first kappa shape index (κ1) is 23.4. The van der Waals surface area contributed by atoms with Crippen molar-refractivity contribution in [2.75, 3.05) is 13.7 Å².